The lowest BCUT2D eigenvalue weighted by Gasteiger charge is -2.36. The predicted octanol–water partition coefficient (Wildman–Crippen LogP) is 4.29. The molecule has 1 spiro atoms. The fraction of sp³-hybridized carbons (Fsp3) is 0.615. The van der Waals surface area contributed by atoms with Crippen molar-refractivity contribution in [3.05, 3.63) is 42.1 Å². The number of nitrogens with zero attached hydrogens (tertiary/aromatic N) is 4. The lowest BCUT2D eigenvalue weighted by Crippen LogP contribution is -2.59. The summed E-state index contributed by atoms with van der Waals surface area (Å²) in [5.74, 6) is -2.05. The zero-order chi connectivity index (χ0) is 36.3. The Bertz CT molecular complexity index is 1690. The van der Waals surface area contributed by atoms with Crippen LogP contribution in [-0.2, 0) is 28.8 Å². The van der Waals surface area contributed by atoms with Gasteiger partial charge in [-0.2, -0.15) is 0 Å². The minimum Gasteiger partial charge on any atom is -0.387 e. The van der Waals surface area contributed by atoms with E-state index in [1.54, 1.807) is 6.20 Å². The number of ketones is 1. The van der Waals surface area contributed by atoms with E-state index in [9.17, 15) is 24.0 Å². The van der Waals surface area contributed by atoms with E-state index in [0.29, 0.717) is 44.0 Å². The molecule has 4 atom stereocenters. The molecule has 12 heteroatoms. The molecule has 6 rings (SSSR count). The number of para-hydroxylation sites is 1. The van der Waals surface area contributed by atoms with E-state index in [2.05, 4.69) is 20.8 Å². The van der Waals surface area contributed by atoms with Crippen molar-refractivity contribution < 1.29 is 28.8 Å². The molecule has 1 saturated carbocycles. The van der Waals surface area contributed by atoms with Crippen molar-refractivity contribution in [3.63, 3.8) is 0 Å². The van der Waals surface area contributed by atoms with Crippen LogP contribution in [0.4, 0.5) is 0 Å². The van der Waals surface area contributed by atoms with Crippen molar-refractivity contribution in [1.82, 2.24) is 25.4 Å². The molecule has 1 aliphatic carbocycles. The van der Waals surface area contributed by atoms with Gasteiger partial charge in [0, 0.05) is 49.5 Å². The van der Waals surface area contributed by atoms with Crippen LogP contribution in [0.3, 0.4) is 0 Å². The number of aromatic nitrogens is 1. The molecular weight excluding hydrogens is 648 g/mol. The molecule has 0 unspecified atom stereocenters. The fourth-order valence-corrected chi connectivity index (χ4v) is 7.95. The Labute approximate surface area is 300 Å². The van der Waals surface area contributed by atoms with E-state index in [1.807, 2.05) is 58.0 Å². The van der Waals surface area contributed by atoms with Crippen molar-refractivity contribution in [2.24, 2.45) is 16.5 Å². The number of hydrogen-bond acceptors (Lipinski definition) is 8. The largest absolute Gasteiger partial charge is 0.387 e. The molecule has 274 valence electrons. The van der Waals surface area contributed by atoms with E-state index >= 15 is 0 Å². The third-order valence-corrected chi connectivity index (χ3v) is 11.0. The summed E-state index contributed by atoms with van der Waals surface area (Å²) in [6.07, 6.45) is 9.64. The van der Waals surface area contributed by atoms with Crippen LogP contribution >= 0.6 is 0 Å². The predicted molar refractivity (Wildman–Crippen MR) is 192 cm³/mol. The molecule has 12 nitrogen and oxygen atoms in total. The van der Waals surface area contributed by atoms with Gasteiger partial charge in [-0.25, -0.2) is 0 Å². The van der Waals surface area contributed by atoms with Gasteiger partial charge in [-0.15, -0.1) is 0 Å². The Morgan fingerprint density at radius 2 is 1.75 bits per heavy atom. The van der Waals surface area contributed by atoms with E-state index < -0.39 is 52.6 Å². The van der Waals surface area contributed by atoms with Crippen molar-refractivity contribution in [3.8, 4) is 0 Å². The number of hydrogen-bond donors (Lipinski definition) is 2. The quantitative estimate of drug-likeness (QED) is 0.332. The molecule has 51 heavy (non-hydrogen) atoms. The minimum absolute atomic E-state index is 0.0549. The average molecular weight is 701 g/mol. The van der Waals surface area contributed by atoms with Gasteiger partial charge in [-0.3, -0.25) is 29.0 Å². The third kappa shape index (κ3) is 7.94. The van der Waals surface area contributed by atoms with Crippen LogP contribution in [0.1, 0.15) is 104 Å². The summed E-state index contributed by atoms with van der Waals surface area (Å²) in [6.45, 7) is 8.69. The number of amides is 4. The summed E-state index contributed by atoms with van der Waals surface area (Å²) in [5.41, 5.74) is 0.570. The normalized spacial score (nSPS) is 23.3. The Kier molecular flexibility index (Phi) is 10.8. The first-order valence-electron chi connectivity index (χ1n) is 18.7. The number of fused-ring (bicyclic) bond motifs is 1. The maximum Gasteiger partial charge on any atom is 0.292 e. The number of oxime groups is 1. The smallest absolute Gasteiger partial charge is 0.292 e. The maximum atomic E-state index is 14.7. The van der Waals surface area contributed by atoms with Crippen LogP contribution < -0.4 is 10.6 Å². The molecule has 2 aromatic rings. The van der Waals surface area contributed by atoms with Crippen molar-refractivity contribution in [1.29, 1.82) is 0 Å². The summed E-state index contributed by atoms with van der Waals surface area (Å²) >= 11 is 0. The van der Waals surface area contributed by atoms with Crippen LogP contribution in [0, 0.1) is 11.3 Å². The number of rotatable bonds is 11. The Morgan fingerprint density at radius 3 is 2.43 bits per heavy atom. The van der Waals surface area contributed by atoms with Gasteiger partial charge in [0.2, 0.25) is 23.5 Å². The van der Waals surface area contributed by atoms with E-state index in [4.69, 9.17) is 4.84 Å². The summed E-state index contributed by atoms with van der Waals surface area (Å²) < 4.78 is 0. The second-order valence-corrected chi connectivity index (χ2v) is 16.0. The van der Waals surface area contributed by atoms with Gasteiger partial charge in [-0.1, -0.05) is 82.8 Å². The SMILES string of the molecule is CCC[C@H](NC(=O)[C@@H]1C[C@]2(CC(c3cccc4cccnc34)=NO2)CN1C(=O)[C@@H](NC(=O)CC1CCCCC1)C(C)(C)C)C(=O)C(=O)N1CCC1. The highest BCUT2D eigenvalue weighted by atomic mass is 16.7. The number of Topliss-reactive ketones (excluding diaryl/α,β-unsaturated/α-hetero) is 1. The topological polar surface area (TPSA) is 150 Å². The van der Waals surface area contributed by atoms with Crippen molar-refractivity contribution in [2.75, 3.05) is 19.6 Å². The number of benzene rings is 1. The lowest BCUT2D eigenvalue weighted by molar-refractivity contribution is -0.149. The van der Waals surface area contributed by atoms with Gasteiger partial charge in [-0.05, 0) is 43.1 Å². The first kappa shape index (κ1) is 36.4. The monoisotopic (exact) mass is 700 g/mol. The van der Waals surface area contributed by atoms with Gasteiger partial charge in [0.05, 0.1) is 23.8 Å². The van der Waals surface area contributed by atoms with Gasteiger partial charge in [0.1, 0.15) is 12.1 Å². The van der Waals surface area contributed by atoms with E-state index in [0.717, 1.165) is 48.6 Å². The van der Waals surface area contributed by atoms with Gasteiger partial charge in [0.25, 0.3) is 5.91 Å². The van der Waals surface area contributed by atoms with Gasteiger partial charge in [0.15, 0.2) is 5.60 Å². The summed E-state index contributed by atoms with van der Waals surface area (Å²) in [4.78, 5) is 82.4. The van der Waals surface area contributed by atoms with Gasteiger partial charge >= 0.3 is 0 Å². The molecule has 0 bridgehead atoms. The van der Waals surface area contributed by atoms with Crippen molar-refractivity contribution in [2.45, 2.75) is 122 Å². The van der Waals surface area contributed by atoms with E-state index in [-0.39, 0.29) is 25.3 Å². The summed E-state index contributed by atoms with van der Waals surface area (Å²) in [5, 5.41) is 11.4. The standard InChI is InChI=1S/C39H52N6O6/c1-5-12-28(33(47)36(49)44-19-11-20-44)41-35(48)30-23-39(22-29(43-51-39)27-17-9-15-26-16-10-18-40-32(26)27)24-45(30)37(50)34(38(2,3)4)42-31(46)21-25-13-7-6-8-14-25/h9-10,15-18,25,28,30,34H,5-8,11-14,19-24H2,1-4H3,(H,41,48)(H,42,46)/t28-,30-,34+,39+/m0/s1. The Hall–Kier alpha value is -4.35. The second kappa shape index (κ2) is 15.1. The van der Waals surface area contributed by atoms with E-state index in [1.165, 1.54) is 16.2 Å². The summed E-state index contributed by atoms with van der Waals surface area (Å²) in [6, 6.07) is 6.74. The number of carbonyl (C=O) groups is 5. The zero-order valence-corrected chi connectivity index (χ0v) is 30.4. The molecule has 1 aromatic carbocycles. The zero-order valence-electron chi connectivity index (χ0n) is 30.4. The number of nitrogens with one attached hydrogen (secondary N) is 2. The van der Waals surface area contributed by atoms with Gasteiger partial charge < -0.3 is 25.3 Å². The molecule has 2 saturated heterocycles. The number of carbonyl (C=O) groups excluding carboxylic acids is 5. The molecule has 0 radical (unpaired) electrons. The molecule has 3 aliphatic heterocycles. The highest BCUT2D eigenvalue weighted by Crippen LogP contribution is 2.41. The van der Waals surface area contributed by atoms with Crippen LogP contribution in [0.5, 0.6) is 0 Å². The third-order valence-electron chi connectivity index (χ3n) is 11.0. The maximum absolute atomic E-state index is 14.7. The molecule has 4 aliphatic rings. The number of pyridine rings is 1. The molecule has 2 N–H and O–H groups in total. The highest BCUT2D eigenvalue weighted by Gasteiger charge is 2.56. The van der Waals surface area contributed by atoms with Crippen LogP contribution in [0.2, 0.25) is 0 Å². The highest BCUT2D eigenvalue weighted by molar-refractivity contribution is 6.38. The van der Waals surface area contributed by atoms with Crippen LogP contribution in [0.25, 0.3) is 10.9 Å². The van der Waals surface area contributed by atoms with Crippen LogP contribution in [0.15, 0.2) is 41.7 Å². The average Bonchev–Trinajstić information content (AvgIpc) is 3.68. The molecule has 1 aromatic heterocycles. The summed E-state index contributed by atoms with van der Waals surface area (Å²) in [7, 11) is 0. The minimum atomic E-state index is -1.02. The fourth-order valence-electron chi connectivity index (χ4n) is 7.95. The molecule has 4 amide bonds. The first-order chi connectivity index (χ1) is 24.4. The molecular formula is C39H52N6O6. The first-order valence-corrected chi connectivity index (χ1v) is 18.7. The molecule has 3 fully saturated rings. The van der Waals surface area contributed by atoms with Crippen molar-refractivity contribution >= 4 is 46.0 Å². The Morgan fingerprint density at radius 1 is 1.00 bits per heavy atom. The Balaban J connectivity index is 1.26. The van der Waals surface area contributed by atoms with Crippen LogP contribution in [-0.4, -0.2) is 93.3 Å². The number of likely N-dealkylation sites (tertiary alicyclic amines) is 2. The second-order valence-electron chi connectivity index (χ2n) is 16.0. The lowest BCUT2D eigenvalue weighted by atomic mass is 9.84. The molecule has 4 heterocycles.